The van der Waals surface area contributed by atoms with Gasteiger partial charge in [0.05, 0.1) is 17.4 Å². The van der Waals surface area contributed by atoms with Gasteiger partial charge >= 0.3 is 0 Å². The lowest BCUT2D eigenvalue weighted by molar-refractivity contribution is 0.428. The molecule has 1 fully saturated rings. The van der Waals surface area contributed by atoms with Crippen molar-refractivity contribution >= 4 is 10.0 Å². The first-order chi connectivity index (χ1) is 9.09. The second-order valence-electron chi connectivity index (χ2n) is 4.73. The molecule has 5 nitrogen and oxygen atoms in total. The highest BCUT2D eigenvalue weighted by Gasteiger charge is 2.20. The Bertz CT molecular complexity index is 555. The van der Waals surface area contributed by atoms with Crippen molar-refractivity contribution in [2.24, 2.45) is 0 Å². The van der Waals surface area contributed by atoms with E-state index in [2.05, 4.69) is 10.0 Å². The van der Waals surface area contributed by atoms with E-state index >= 15 is 0 Å². The molecule has 19 heavy (non-hydrogen) atoms. The summed E-state index contributed by atoms with van der Waals surface area (Å²) in [5.41, 5.74) is 1.22. The van der Waals surface area contributed by atoms with E-state index in [-0.39, 0.29) is 11.8 Å². The van der Waals surface area contributed by atoms with E-state index in [1.807, 2.05) is 6.07 Å². The SMILES string of the molecule is N#Cc1ccc(CS(=O)(=O)N[C@@H]2CCCNC2)cc1. The number of rotatable bonds is 4. The molecule has 1 aliphatic heterocycles. The van der Waals surface area contributed by atoms with Gasteiger partial charge in [0, 0.05) is 12.6 Å². The first-order valence-corrected chi connectivity index (χ1v) is 7.94. The fraction of sp³-hybridized carbons (Fsp3) is 0.462. The summed E-state index contributed by atoms with van der Waals surface area (Å²) in [5.74, 6) is -0.0464. The Balaban J connectivity index is 1.97. The maximum atomic E-state index is 12.0. The van der Waals surface area contributed by atoms with Gasteiger partial charge < -0.3 is 5.32 Å². The molecule has 1 aromatic carbocycles. The smallest absolute Gasteiger partial charge is 0.216 e. The minimum absolute atomic E-state index is 0.0165. The zero-order valence-electron chi connectivity index (χ0n) is 10.6. The standard InChI is InChI=1S/C13H17N3O2S/c14-8-11-3-5-12(6-4-11)10-19(17,18)16-13-2-1-7-15-9-13/h3-6,13,15-16H,1-2,7,9-10H2/t13-/m1/s1. The molecule has 1 aromatic rings. The monoisotopic (exact) mass is 279 g/mol. The molecular weight excluding hydrogens is 262 g/mol. The van der Waals surface area contributed by atoms with Crippen molar-refractivity contribution in [3.05, 3.63) is 35.4 Å². The van der Waals surface area contributed by atoms with E-state index in [9.17, 15) is 8.42 Å². The summed E-state index contributed by atoms with van der Waals surface area (Å²) in [6.45, 7) is 1.64. The average Bonchev–Trinajstić information content (AvgIpc) is 2.39. The van der Waals surface area contributed by atoms with Gasteiger partial charge in [0.15, 0.2) is 0 Å². The minimum atomic E-state index is -3.33. The molecule has 0 aromatic heterocycles. The van der Waals surface area contributed by atoms with Crippen LogP contribution < -0.4 is 10.0 Å². The lowest BCUT2D eigenvalue weighted by Gasteiger charge is -2.23. The lowest BCUT2D eigenvalue weighted by Crippen LogP contribution is -2.45. The van der Waals surface area contributed by atoms with Crippen molar-refractivity contribution in [1.82, 2.24) is 10.0 Å². The third-order valence-corrected chi connectivity index (χ3v) is 4.49. The maximum Gasteiger partial charge on any atom is 0.216 e. The van der Waals surface area contributed by atoms with Crippen molar-refractivity contribution in [3.63, 3.8) is 0 Å². The van der Waals surface area contributed by atoms with E-state index in [0.29, 0.717) is 17.7 Å². The highest BCUT2D eigenvalue weighted by molar-refractivity contribution is 7.88. The second-order valence-corrected chi connectivity index (χ2v) is 6.48. The zero-order valence-corrected chi connectivity index (χ0v) is 11.4. The van der Waals surface area contributed by atoms with E-state index in [0.717, 1.165) is 19.4 Å². The molecule has 1 atom stereocenters. The zero-order chi connectivity index (χ0) is 13.7. The number of piperidine rings is 1. The molecule has 0 radical (unpaired) electrons. The summed E-state index contributed by atoms with van der Waals surface area (Å²) in [6.07, 6.45) is 1.86. The number of nitrogens with zero attached hydrogens (tertiary/aromatic N) is 1. The van der Waals surface area contributed by atoms with Crippen LogP contribution in [0.2, 0.25) is 0 Å². The first-order valence-electron chi connectivity index (χ1n) is 6.29. The highest BCUT2D eigenvalue weighted by atomic mass is 32.2. The Labute approximate surface area is 113 Å². The molecule has 1 heterocycles. The fourth-order valence-corrected chi connectivity index (χ4v) is 3.57. The molecule has 0 saturated carbocycles. The van der Waals surface area contributed by atoms with Gasteiger partial charge in [0.2, 0.25) is 10.0 Å². The average molecular weight is 279 g/mol. The van der Waals surface area contributed by atoms with Gasteiger partial charge in [-0.2, -0.15) is 5.26 Å². The second kappa shape index (κ2) is 6.15. The third kappa shape index (κ3) is 4.31. The molecule has 1 aliphatic rings. The molecule has 1 saturated heterocycles. The van der Waals surface area contributed by atoms with Crippen LogP contribution in [0.1, 0.15) is 24.0 Å². The van der Waals surface area contributed by atoms with Crippen molar-refractivity contribution in [3.8, 4) is 6.07 Å². The van der Waals surface area contributed by atoms with Crippen LogP contribution in [0.15, 0.2) is 24.3 Å². The summed E-state index contributed by atoms with van der Waals surface area (Å²) in [4.78, 5) is 0. The number of nitrogens with one attached hydrogen (secondary N) is 2. The van der Waals surface area contributed by atoms with Crippen molar-refractivity contribution in [2.45, 2.75) is 24.6 Å². The molecule has 102 valence electrons. The van der Waals surface area contributed by atoms with E-state index in [4.69, 9.17) is 5.26 Å². The van der Waals surface area contributed by atoms with Gasteiger partial charge in [0.25, 0.3) is 0 Å². The largest absolute Gasteiger partial charge is 0.315 e. The van der Waals surface area contributed by atoms with Gasteiger partial charge in [-0.1, -0.05) is 12.1 Å². The summed E-state index contributed by atoms with van der Waals surface area (Å²) in [7, 11) is -3.33. The number of nitriles is 1. The maximum absolute atomic E-state index is 12.0. The summed E-state index contributed by atoms with van der Waals surface area (Å²) < 4.78 is 26.8. The summed E-state index contributed by atoms with van der Waals surface area (Å²) in [5, 5.41) is 11.9. The predicted molar refractivity (Wildman–Crippen MR) is 72.8 cm³/mol. The lowest BCUT2D eigenvalue weighted by atomic mass is 10.1. The van der Waals surface area contributed by atoms with Gasteiger partial charge in [-0.3, -0.25) is 0 Å². The van der Waals surface area contributed by atoms with Gasteiger partial charge in [-0.15, -0.1) is 0 Å². The molecule has 2 N–H and O–H groups in total. The summed E-state index contributed by atoms with van der Waals surface area (Å²) >= 11 is 0. The molecule has 0 unspecified atom stereocenters. The quantitative estimate of drug-likeness (QED) is 0.851. The van der Waals surface area contributed by atoms with E-state index < -0.39 is 10.0 Å². The van der Waals surface area contributed by atoms with Crippen LogP contribution in [-0.2, 0) is 15.8 Å². The first kappa shape index (κ1) is 14.0. The van der Waals surface area contributed by atoms with Crippen LogP contribution >= 0.6 is 0 Å². The van der Waals surface area contributed by atoms with Crippen LogP contribution in [0.5, 0.6) is 0 Å². The molecule has 2 rings (SSSR count). The van der Waals surface area contributed by atoms with Crippen molar-refractivity contribution in [1.29, 1.82) is 5.26 Å². The topological polar surface area (TPSA) is 82.0 Å². The predicted octanol–water partition coefficient (Wildman–Crippen LogP) is 0.730. The Hall–Kier alpha value is -1.42. The van der Waals surface area contributed by atoms with Crippen LogP contribution in [0.4, 0.5) is 0 Å². The van der Waals surface area contributed by atoms with Gasteiger partial charge in [0.1, 0.15) is 0 Å². The highest BCUT2D eigenvalue weighted by Crippen LogP contribution is 2.09. The molecular formula is C13H17N3O2S. The Morgan fingerprint density at radius 2 is 2.11 bits per heavy atom. The number of benzene rings is 1. The Morgan fingerprint density at radius 1 is 1.37 bits per heavy atom. The molecule has 0 bridgehead atoms. The number of hydrogen-bond donors (Lipinski definition) is 2. The van der Waals surface area contributed by atoms with Gasteiger partial charge in [-0.25, -0.2) is 13.1 Å². The van der Waals surface area contributed by atoms with E-state index in [1.165, 1.54) is 0 Å². The van der Waals surface area contributed by atoms with E-state index in [1.54, 1.807) is 24.3 Å². The fourth-order valence-electron chi connectivity index (χ4n) is 2.14. The summed E-state index contributed by atoms with van der Waals surface area (Å²) in [6, 6.07) is 8.61. The molecule has 0 amide bonds. The number of sulfonamides is 1. The molecule has 0 aliphatic carbocycles. The van der Waals surface area contributed by atoms with Crippen molar-refractivity contribution < 1.29 is 8.42 Å². The Morgan fingerprint density at radius 3 is 2.68 bits per heavy atom. The van der Waals surface area contributed by atoms with Crippen LogP contribution in [0.25, 0.3) is 0 Å². The number of hydrogen-bond acceptors (Lipinski definition) is 4. The van der Waals surface area contributed by atoms with Gasteiger partial charge in [-0.05, 0) is 37.1 Å². The Kier molecular flexibility index (Phi) is 4.53. The van der Waals surface area contributed by atoms with Crippen LogP contribution in [0.3, 0.4) is 0 Å². The molecule has 0 spiro atoms. The third-order valence-electron chi connectivity index (χ3n) is 3.08. The van der Waals surface area contributed by atoms with Crippen LogP contribution in [0, 0.1) is 11.3 Å². The minimum Gasteiger partial charge on any atom is -0.315 e. The normalized spacial score (nSPS) is 19.8. The van der Waals surface area contributed by atoms with Crippen LogP contribution in [-0.4, -0.2) is 27.5 Å². The molecule has 6 heteroatoms. The van der Waals surface area contributed by atoms with Crippen molar-refractivity contribution in [2.75, 3.05) is 13.1 Å².